The first-order valence-corrected chi connectivity index (χ1v) is 12.1. The Labute approximate surface area is 208 Å². The van der Waals surface area contributed by atoms with E-state index in [-0.39, 0.29) is 12.2 Å². The molecule has 10 heteroatoms. The van der Waals surface area contributed by atoms with E-state index in [0.717, 1.165) is 31.1 Å². The molecule has 2 aromatic heterocycles. The summed E-state index contributed by atoms with van der Waals surface area (Å²) in [7, 11) is 0. The average molecular weight is 500 g/mol. The number of aromatic nitrogens is 1. The smallest absolute Gasteiger partial charge is 0.385 e. The number of nitrogens with two attached hydrogens (primary N) is 1. The highest BCUT2D eigenvalue weighted by Gasteiger charge is 2.59. The largest absolute Gasteiger partial charge is 0.492 e. The third-order valence-electron chi connectivity index (χ3n) is 6.85. The van der Waals surface area contributed by atoms with E-state index in [1.54, 1.807) is 30.2 Å². The van der Waals surface area contributed by atoms with Crippen molar-refractivity contribution >= 4 is 35.1 Å². The van der Waals surface area contributed by atoms with Crippen LogP contribution in [-0.2, 0) is 28.6 Å². The Morgan fingerprint density at radius 2 is 1.97 bits per heavy atom. The van der Waals surface area contributed by atoms with Crippen LogP contribution < -0.4 is 10.3 Å². The van der Waals surface area contributed by atoms with Crippen LogP contribution in [0.2, 0.25) is 0 Å². The molecule has 3 N–H and O–H groups in total. The summed E-state index contributed by atoms with van der Waals surface area (Å²) < 4.78 is 24.1. The number of esters is 2. The van der Waals surface area contributed by atoms with E-state index in [0.29, 0.717) is 18.2 Å². The molecule has 0 bridgehead atoms. The molecular weight excluding hydrogens is 468 g/mol. The highest BCUT2D eigenvalue weighted by atomic mass is 16.8. The SMILES string of the molecule is CC[C@](C)(O)C1(CC(N)=O)OC(=O)C(=C(C=C[n+]2cccc3ccoc32)OCC2CCCC2)C(=O)O1. The number of hydrogen-bond acceptors (Lipinski definition) is 8. The standard InChI is InChI=1S/C26H30N2O8/c1-3-25(2,32)26(15-20(27)29)35-23(30)21(24(31)36-26)19(34-16-17-7-4-5-8-17)10-13-28-12-6-9-18-11-14-33-22(18)28/h6,9-14,17,32H,3-5,7-8,15-16H2,1-2H3,(H-,27,29)/p+1/t25-,26?/m0/s1. The van der Waals surface area contributed by atoms with Crippen molar-refractivity contribution in [3.05, 3.63) is 48.1 Å². The van der Waals surface area contributed by atoms with Crippen LogP contribution in [0.25, 0.3) is 17.3 Å². The number of furan rings is 1. The minimum absolute atomic E-state index is 0.0224. The van der Waals surface area contributed by atoms with E-state index < -0.39 is 41.2 Å². The first-order chi connectivity index (χ1) is 17.2. The zero-order valence-electron chi connectivity index (χ0n) is 20.4. The monoisotopic (exact) mass is 499 g/mol. The molecule has 1 aliphatic carbocycles. The number of carbonyl (C=O) groups excluding carboxylic acids is 3. The molecule has 0 spiro atoms. The second-order valence-electron chi connectivity index (χ2n) is 9.42. The number of cyclic esters (lactones) is 2. The van der Waals surface area contributed by atoms with Gasteiger partial charge in [-0.1, -0.05) is 19.8 Å². The predicted molar refractivity (Wildman–Crippen MR) is 126 cm³/mol. The molecule has 2 fully saturated rings. The van der Waals surface area contributed by atoms with Gasteiger partial charge in [-0.2, -0.15) is 0 Å². The topological polar surface area (TPSA) is 142 Å². The first kappa shape index (κ1) is 25.4. The number of primary amides is 1. The Bertz CT molecular complexity index is 1200. The van der Waals surface area contributed by atoms with Crippen molar-refractivity contribution in [1.82, 2.24) is 0 Å². The maximum absolute atomic E-state index is 13.2. The summed E-state index contributed by atoms with van der Waals surface area (Å²) in [6.07, 6.45) is 9.86. The molecule has 1 saturated heterocycles. The number of fused-ring (bicyclic) bond motifs is 1. The quantitative estimate of drug-likeness (QED) is 0.176. The molecule has 2 aromatic rings. The van der Waals surface area contributed by atoms with Gasteiger partial charge in [-0.05, 0) is 44.2 Å². The number of carbonyl (C=O) groups is 3. The van der Waals surface area contributed by atoms with Crippen LogP contribution in [-0.4, -0.2) is 40.9 Å². The maximum Gasteiger partial charge on any atom is 0.385 e. The minimum Gasteiger partial charge on any atom is -0.492 e. The van der Waals surface area contributed by atoms with Crippen molar-refractivity contribution in [3.63, 3.8) is 0 Å². The molecule has 0 radical (unpaired) electrons. The fraction of sp³-hybridized carbons (Fsp3) is 0.462. The van der Waals surface area contributed by atoms with Crippen LogP contribution in [0, 0.1) is 5.92 Å². The zero-order valence-corrected chi connectivity index (χ0v) is 20.4. The predicted octanol–water partition coefficient (Wildman–Crippen LogP) is 2.48. The molecule has 0 aromatic carbocycles. The molecule has 1 aliphatic heterocycles. The fourth-order valence-electron chi connectivity index (χ4n) is 4.50. The molecular formula is C26H31N2O8+. The zero-order chi connectivity index (χ0) is 25.9. The third kappa shape index (κ3) is 4.99. The Morgan fingerprint density at radius 3 is 2.61 bits per heavy atom. The molecule has 3 heterocycles. The molecule has 192 valence electrons. The lowest BCUT2D eigenvalue weighted by Crippen LogP contribution is -2.62. The van der Waals surface area contributed by atoms with Gasteiger partial charge < -0.3 is 29.5 Å². The van der Waals surface area contributed by atoms with Gasteiger partial charge >= 0.3 is 17.7 Å². The van der Waals surface area contributed by atoms with Gasteiger partial charge in [0.05, 0.1) is 18.3 Å². The first-order valence-electron chi connectivity index (χ1n) is 12.1. The van der Waals surface area contributed by atoms with Crippen molar-refractivity contribution < 1.29 is 42.7 Å². The summed E-state index contributed by atoms with van der Waals surface area (Å²) in [5.74, 6) is -5.06. The van der Waals surface area contributed by atoms with Crippen molar-refractivity contribution in [3.8, 4) is 0 Å². The Morgan fingerprint density at radius 1 is 1.28 bits per heavy atom. The summed E-state index contributed by atoms with van der Waals surface area (Å²) in [4.78, 5) is 38.1. The molecule has 4 rings (SSSR count). The lowest BCUT2D eigenvalue weighted by atomic mass is 9.88. The Balaban J connectivity index is 1.71. The molecule has 0 unspecified atom stereocenters. The lowest BCUT2D eigenvalue weighted by Gasteiger charge is -2.44. The van der Waals surface area contributed by atoms with Crippen LogP contribution in [0.3, 0.4) is 0 Å². The van der Waals surface area contributed by atoms with Crippen molar-refractivity contribution in [2.75, 3.05) is 6.61 Å². The van der Waals surface area contributed by atoms with E-state index in [4.69, 9.17) is 24.4 Å². The number of pyridine rings is 1. The van der Waals surface area contributed by atoms with Crippen LogP contribution in [0.15, 0.2) is 52.5 Å². The van der Waals surface area contributed by atoms with Gasteiger partial charge in [0.2, 0.25) is 5.91 Å². The van der Waals surface area contributed by atoms with E-state index in [1.165, 1.54) is 13.0 Å². The normalized spacial score (nSPS) is 22.5. The molecule has 10 nitrogen and oxygen atoms in total. The fourth-order valence-corrected chi connectivity index (χ4v) is 4.50. The lowest BCUT2D eigenvalue weighted by molar-refractivity contribution is -0.547. The van der Waals surface area contributed by atoms with E-state index in [1.807, 2.05) is 18.2 Å². The second kappa shape index (κ2) is 10.1. The molecule has 1 amide bonds. The van der Waals surface area contributed by atoms with Gasteiger partial charge in [0.25, 0.3) is 5.79 Å². The summed E-state index contributed by atoms with van der Waals surface area (Å²) in [5.41, 5.74) is 3.55. The van der Waals surface area contributed by atoms with Crippen LogP contribution in [0.1, 0.15) is 52.4 Å². The van der Waals surface area contributed by atoms with Crippen molar-refractivity contribution in [2.45, 2.75) is 63.8 Å². The minimum atomic E-state index is -2.25. The Hall–Kier alpha value is -3.66. The van der Waals surface area contributed by atoms with E-state index in [2.05, 4.69) is 0 Å². The van der Waals surface area contributed by atoms with Gasteiger partial charge in [-0.25, -0.2) is 9.59 Å². The van der Waals surface area contributed by atoms with Crippen molar-refractivity contribution in [2.24, 2.45) is 11.7 Å². The highest BCUT2D eigenvalue weighted by Crippen LogP contribution is 2.39. The summed E-state index contributed by atoms with van der Waals surface area (Å²) in [6, 6.07) is 5.51. The van der Waals surface area contributed by atoms with Gasteiger partial charge in [0.15, 0.2) is 18.0 Å². The summed E-state index contributed by atoms with van der Waals surface area (Å²) >= 11 is 0. The molecule has 1 atom stereocenters. The number of hydrogen-bond donors (Lipinski definition) is 2. The average Bonchev–Trinajstić information content (AvgIpc) is 3.51. The van der Waals surface area contributed by atoms with Gasteiger partial charge in [-0.15, -0.1) is 4.57 Å². The Kier molecular flexibility index (Phi) is 7.16. The number of ether oxygens (including phenoxy) is 3. The van der Waals surface area contributed by atoms with Crippen LogP contribution in [0.5, 0.6) is 0 Å². The highest BCUT2D eigenvalue weighted by molar-refractivity contribution is 6.16. The van der Waals surface area contributed by atoms with E-state index in [9.17, 15) is 19.5 Å². The van der Waals surface area contributed by atoms with E-state index >= 15 is 0 Å². The van der Waals surface area contributed by atoms with Gasteiger partial charge in [-0.3, -0.25) is 4.79 Å². The van der Waals surface area contributed by atoms with Gasteiger partial charge in [0, 0.05) is 12.1 Å². The van der Waals surface area contributed by atoms with Crippen LogP contribution >= 0.6 is 0 Å². The summed E-state index contributed by atoms with van der Waals surface area (Å²) in [5, 5.41) is 11.7. The maximum atomic E-state index is 13.2. The van der Waals surface area contributed by atoms with Crippen molar-refractivity contribution in [1.29, 1.82) is 0 Å². The summed E-state index contributed by atoms with van der Waals surface area (Å²) in [6.45, 7) is 3.21. The number of amides is 1. The number of nitrogens with zero attached hydrogens (tertiary/aromatic N) is 1. The van der Waals surface area contributed by atoms with Gasteiger partial charge in [0.1, 0.15) is 17.8 Å². The second-order valence-corrected chi connectivity index (χ2v) is 9.42. The van der Waals surface area contributed by atoms with Crippen LogP contribution in [0.4, 0.5) is 0 Å². The third-order valence-corrected chi connectivity index (χ3v) is 6.85. The number of aliphatic hydroxyl groups is 1. The molecule has 1 saturated carbocycles. The molecule has 36 heavy (non-hydrogen) atoms. The molecule has 2 aliphatic rings. The number of rotatable bonds is 9. The number of allylic oxidation sites excluding steroid dienone is 1.